The standard InChI is InChI=1S/C20H28N4O6S/c1-2-6-19(25)22-10-5-7-16(15-22)20(26)21-11-13-23(14-12-21)31(29,30)18-9-4-3-8-17(18)24(27)28/h3-4,8-9,16H,2,5-7,10-15H2,1H3. The molecule has 0 aliphatic carbocycles. The van der Waals surface area contributed by atoms with E-state index in [1.807, 2.05) is 6.92 Å². The first-order valence-electron chi connectivity index (χ1n) is 10.6. The van der Waals surface area contributed by atoms with Crippen molar-refractivity contribution < 1.29 is 22.9 Å². The third kappa shape index (κ3) is 5.04. The van der Waals surface area contributed by atoms with Crippen LogP contribution < -0.4 is 0 Å². The van der Waals surface area contributed by atoms with Crippen LogP contribution in [0.3, 0.4) is 0 Å². The van der Waals surface area contributed by atoms with E-state index in [9.17, 15) is 28.1 Å². The van der Waals surface area contributed by atoms with Gasteiger partial charge in [0.15, 0.2) is 4.90 Å². The third-order valence-corrected chi connectivity index (χ3v) is 7.76. The largest absolute Gasteiger partial charge is 0.342 e. The number of nitrogens with zero attached hydrogens (tertiary/aromatic N) is 4. The van der Waals surface area contributed by atoms with Gasteiger partial charge in [0.05, 0.1) is 10.8 Å². The first kappa shape index (κ1) is 23.1. The second-order valence-electron chi connectivity index (χ2n) is 7.88. The van der Waals surface area contributed by atoms with Gasteiger partial charge in [0, 0.05) is 51.8 Å². The highest BCUT2D eigenvalue weighted by atomic mass is 32.2. The summed E-state index contributed by atoms with van der Waals surface area (Å²) in [5.74, 6) is -0.259. The van der Waals surface area contributed by atoms with Crippen LogP contribution in [-0.2, 0) is 19.6 Å². The van der Waals surface area contributed by atoms with Crippen LogP contribution in [0.25, 0.3) is 0 Å². The topological polar surface area (TPSA) is 121 Å². The smallest absolute Gasteiger partial charge is 0.289 e. The number of hydrogen-bond donors (Lipinski definition) is 0. The number of likely N-dealkylation sites (tertiary alicyclic amines) is 1. The zero-order valence-electron chi connectivity index (χ0n) is 17.6. The monoisotopic (exact) mass is 452 g/mol. The number of amides is 2. The Hall–Kier alpha value is -2.53. The van der Waals surface area contributed by atoms with E-state index in [2.05, 4.69) is 0 Å². The normalized spacial score (nSPS) is 20.5. The molecule has 2 aliphatic heterocycles. The molecule has 2 saturated heterocycles. The molecule has 2 heterocycles. The minimum absolute atomic E-state index is 0.0586. The zero-order chi connectivity index (χ0) is 22.6. The van der Waals surface area contributed by atoms with Gasteiger partial charge in [0.1, 0.15) is 0 Å². The average molecular weight is 453 g/mol. The number of rotatable bonds is 6. The van der Waals surface area contributed by atoms with Crippen molar-refractivity contribution in [3.8, 4) is 0 Å². The van der Waals surface area contributed by atoms with Crippen molar-refractivity contribution in [3.05, 3.63) is 34.4 Å². The predicted octanol–water partition coefficient (Wildman–Crippen LogP) is 1.47. The average Bonchev–Trinajstić information content (AvgIpc) is 2.79. The van der Waals surface area contributed by atoms with Crippen molar-refractivity contribution in [1.29, 1.82) is 0 Å². The van der Waals surface area contributed by atoms with E-state index < -0.39 is 20.6 Å². The molecule has 1 unspecified atom stereocenters. The van der Waals surface area contributed by atoms with E-state index >= 15 is 0 Å². The van der Waals surface area contributed by atoms with Gasteiger partial charge in [-0.25, -0.2) is 8.42 Å². The van der Waals surface area contributed by atoms with Gasteiger partial charge in [-0.2, -0.15) is 4.31 Å². The molecule has 1 atom stereocenters. The van der Waals surface area contributed by atoms with Crippen LogP contribution in [0.15, 0.2) is 29.2 Å². The Balaban J connectivity index is 1.63. The van der Waals surface area contributed by atoms with Gasteiger partial charge in [-0.1, -0.05) is 19.1 Å². The molecule has 0 N–H and O–H groups in total. The fourth-order valence-corrected chi connectivity index (χ4v) is 5.73. The van der Waals surface area contributed by atoms with Crippen LogP contribution >= 0.6 is 0 Å². The summed E-state index contributed by atoms with van der Waals surface area (Å²) in [5.41, 5.74) is -0.458. The van der Waals surface area contributed by atoms with Crippen LogP contribution in [-0.4, -0.2) is 78.5 Å². The van der Waals surface area contributed by atoms with Crippen molar-refractivity contribution >= 4 is 27.5 Å². The number of piperazine rings is 1. The first-order chi connectivity index (χ1) is 14.8. The van der Waals surface area contributed by atoms with E-state index in [1.54, 1.807) is 9.80 Å². The van der Waals surface area contributed by atoms with Crippen molar-refractivity contribution in [3.63, 3.8) is 0 Å². The number of nitro groups is 1. The second kappa shape index (κ2) is 9.73. The molecule has 10 nitrogen and oxygen atoms in total. The van der Waals surface area contributed by atoms with Gasteiger partial charge in [-0.3, -0.25) is 19.7 Å². The molecule has 0 aromatic heterocycles. The van der Waals surface area contributed by atoms with Gasteiger partial charge in [0.25, 0.3) is 5.69 Å². The van der Waals surface area contributed by atoms with Crippen LogP contribution in [0.2, 0.25) is 0 Å². The molecule has 0 radical (unpaired) electrons. The fourth-order valence-electron chi connectivity index (χ4n) is 4.15. The van der Waals surface area contributed by atoms with E-state index in [-0.39, 0.29) is 48.8 Å². The minimum atomic E-state index is -4.04. The fraction of sp³-hybridized carbons (Fsp3) is 0.600. The highest BCUT2D eigenvalue weighted by molar-refractivity contribution is 7.89. The Kier molecular flexibility index (Phi) is 7.26. The van der Waals surface area contributed by atoms with Gasteiger partial charge in [0.2, 0.25) is 21.8 Å². The number of carbonyl (C=O) groups is 2. The summed E-state index contributed by atoms with van der Waals surface area (Å²) in [4.78, 5) is 38.7. The SMILES string of the molecule is CCCC(=O)N1CCCC(C(=O)N2CCN(S(=O)(=O)c3ccccc3[N+](=O)[O-])CC2)C1. The molecule has 2 aliphatic rings. The Morgan fingerprint density at radius 1 is 1.10 bits per heavy atom. The predicted molar refractivity (Wildman–Crippen MR) is 113 cm³/mol. The molecule has 2 amide bonds. The maximum Gasteiger partial charge on any atom is 0.289 e. The Labute approximate surface area is 182 Å². The lowest BCUT2D eigenvalue weighted by molar-refractivity contribution is -0.387. The molecule has 170 valence electrons. The third-order valence-electron chi connectivity index (χ3n) is 5.82. The molecular weight excluding hydrogens is 424 g/mol. The van der Waals surface area contributed by atoms with Crippen molar-refractivity contribution in [2.45, 2.75) is 37.5 Å². The Morgan fingerprint density at radius 3 is 2.42 bits per heavy atom. The summed E-state index contributed by atoms with van der Waals surface area (Å²) in [5, 5.41) is 11.2. The summed E-state index contributed by atoms with van der Waals surface area (Å²) >= 11 is 0. The van der Waals surface area contributed by atoms with E-state index in [4.69, 9.17) is 0 Å². The number of piperidine rings is 1. The number of carbonyl (C=O) groups excluding carboxylic acids is 2. The van der Waals surface area contributed by atoms with Crippen molar-refractivity contribution in [2.24, 2.45) is 5.92 Å². The molecule has 2 fully saturated rings. The van der Waals surface area contributed by atoms with Crippen molar-refractivity contribution in [1.82, 2.24) is 14.1 Å². The lowest BCUT2D eigenvalue weighted by Crippen LogP contribution is -2.54. The highest BCUT2D eigenvalue weighted by Crippen LogP contribution is 2.27. The molecule has 1 aromatic rings. The molecular formula is C20H28N4O6S. The van der Waals surface area contributed by atoms with E-state index in [0.717, 1.165) is 12.8 Å². The second-order valence-corrected chi connectivity index (χ2v) is 9.79. The number of nitro benzene ring substituents is 1. The zero-order valence-corrected chi connectivity index (χ0v) is 18.4. The Morgan fingerprint density at radius 2 is 1.77 bits per heavy atom. The lowest BCUT2D eigenvalue weighted by atomic mass is 9.96. The van der Waals surface area contributed by atoms with E-state index in [1.165, 1.54) is 28.6 Å². The summed E-state index contributed by atoms with van der Waals surface area (Å²) in [6, 6.07) is 5.27. The number of para-hydroxylation sites is 1. The summed E-state index contributed by atoms with van der Waals surface area (Å²) < 4.78 is 27.1. The molecule has 31 heavy (non-hydrogen) atoms. The van der Waals surface area contributed by atoms with Crippen LogP contribution in [0.4, 0.5) is 5.69 Å². The number of sulfonamides is 1. The van der Waals surface area contributed by atoms with Crippen LogP contribution in [0, 0.1) is 16.0 Å². The number of benzene rings is 1. The minimum Gasteiger partial charge on any atom is -0.342 e. The quantitative estimate of drug-likeness (QED) is 0.476. The summed E-state index contributed by atoms with van der Waals surface area (Å²) in [6.07, 6.45) is 2.73. The molecule has 11 heteroatoms. The van der Waals surface area contributed by atoms with Gasteiger partial charge in [-0.05, 0) is 25.3 Å². The number of hydrogen-bond acceptors (Lipinski definition) is 6. The maximum absolute atomic E-state index is 13.0. The van der Waals surface area contributed by atoms with E-state index in [0.29, 0.717) is 25.9 Å². The van der Waals surface area contributed by atoms with Crippen LogP contribution in [0.5, 0.6) is 0 Å². The van der Waals surface area contributed by atoms with Gasteiger partial charge < -0.3 is 9.80 Å². The molecule has 0 bridgehead atoms. The van der Waals surface area contributed by atoms with Crippen LogP contribution in [0.1, 0.15) is 32.6 Å². The van der Waals surface area contributed by atoms with Gasteiger partial charge >= 0.3 is 0 Å². The summed E-state index contributed by atoms with van der Waals surface area (Å²) in [6.45, 7) is 3.62. The molecule has 3 rings (SSSR count). The molecule has 0 spiro atoms. The van der Waals surface area contributed by atoms with Gasteiger partial charge in [-0.15, -0.1) is 0 Å². The highest BCUT2D eigenvalue weighted by Gasteiger charge is 2.37. The van der Waals surface area contributed by atoms with Crippen molar-refractivity contribution in [2.75, 3.05) is 39.3 Å². The molecule has 1 aromatic carbocycles. The Bertz CT molecular complexity index is 943. The molecule has 0 saturated carbocycles. The lowest BCUT2D eigenvalue weighted by Gasteiger charge is -2.38. The maximum atomic E-state index is 13.0. The summed E-state index contributed by atoms with van der Waals surface area (Å²) in [7, 11) is -4.04. The first-order valence-corrected chi connectivity index (χ1v) is 12.0.